The third-order valence-corrected chi connectivity index (χ3v) is 5.39. The summed E-state index contributed by atoms with van der Waals surface area (Å²) in [4.78, 5) is 12.7. The molecule has 0 amide bonds. The lowest BCUT2D eigenvalue weighted by Gasteiger charge is -2.13. The molecule has 1 aromatic heterocycles. The van der Waals surface area contributed by atoms with Gasteiger partial charge in [-0.1, -0.05) is 60.2 Å². The van der Waals surface area contributed by atoms with E-state index >= 15 is 0 Å². The molecule has 3 aromatic carbocycles. The van der Waals surface area contributed by atoms with Crippen LogP contribution in [-0.4, -0.2) is 0 Å². The third-order valence-electron chi connectivity index (χ3n) is 5.39. The Morgan fingerprint density at radius 1 is 0.793 bits per heavy atom. The van der Waals surface area contributed by atoms with Gasteiger partial charge in [-0.2, -0.15) is 0 Å². The lowest BCUT2D eigenvalue weighted by atomic mass is 9.98. The van der Waals surface area contributed by atoms with E-state index in [-0.39, 0.29) is 5.63 Å². The number of rotatable bonds is 5. The van der Waals surface area contributed by atoms with E-state index in [0.717, 1.165) is 33.4 Å². The molecule has 0 fully saturated rings. The summed E-state index contributed by atoms with van der Waals surface area (Å²) in [5.74, 6) is 0.733. The summed E-state index contributed by atoms with van der Waals surface area (Å²) >= 11 is 0. The van der Waals surface area contributed by atoms with Crippen LogP contribution >= 0.6 is 0 Å². The summed E-state index contributed by atoms with van der Waals surface area (Å²) in [6.07, 6.45) is 0.565. The van der Waals surface area contributed by atoms with Gasteiger partial charge in [0.25, 0.3) is 0 Å². The van der Waals surface area contributed by atoms with Gasteiger partial charge in [0.05, 0.1) is 0 Å². The van der Waals surface area contributed by atoms with Gasteiger partial charge >= 0.3 is 5.63 Å². The molecule has 0 aliphatic carbocycles. The molecular formula is C26H24O3. The molecule has 0 aliphatic rings. The minimum absolute atomic E-state index is 0.280. The Hall–Kier alpha value is -3.33. The minimum atomic E-state index is -0.280. The highest BCUT2D eigenvalue weighted by molar-refractivity contribution is 5.85. The smallest absolute Gasteiger partial charge is 0.340 e. The van der Waals surface area contributed by atoms with Gasteiger partial charge in [-0.3, -0.25) is 0 Å². The topological polar surface area (TPSA) is 39.4 Å². The number of ether oxygens (including phenoxy) is 1. The van der Waals surface area contributed by atoms with Crippen molar-refractivity contribution >= 4 is 11.0 Å². The van der Waals surface area contributed by atoms with Crippen molar-refractivity contribution in [3.05, 3.63) is 111 Å². The summed E-state index contributed by atoms with van der Waals surface area (Å²) in [6, 6.07) is 22.2. The molecular weight excluding hydrogens is 360 g/mol. The normalized spacial score (nSPS) is 11.0. The Morgan fingerprint density at radius 2 is 1.52 bits per heavy atom. The van der Waals surface area contributed by atoms with Crippen molar-refractivity contribution in [2.75, 3.05) is 0 Å². The predicted molar refractivity (Wildman–Crippen MR) is 117 cm³/mol. The Bertz CT molecular complexity index is 1200. The second-order valence-corrected chi connectivity index (χ2v) is 7.50. The maximum Gasteiger partial charge on any atom is 0.340 e. The zero-order valence-electron chi connectivity index (χ0n) is 17.0. The fourth-order valence-electron chi connectivity index (χ4n) is 3.58. The molecule has 0 saturated carbocycles. The van der Waals surface area contributed by atoms with Crippen LogP contribution in [0.5, 0.6) is 5.75 Å². The van der Waals surface area contributed by atoms with Gasteiger partial charge in [-0.15, -0.1) is 0 Å². The average molecular weight is 384 g/mol. The Kier molecular flexibility index (Phi) is 5.22. The second-order valence-electron chi connectivity index (χ2n) is 7.50. The highest BCUT2D eigenvalue weighted by atomic mass is 16.5. The molecule has 146 valence electrons. The van der Waals surface area contributed by atoms with E-state index in [1.807, 2.05) is 56.3 Å². The van der Waals surface area contributed by atoms with E-state index in [1.54, 1.807) is 0 Å². The summed E-state index contributed by atoms with van der Waals surface area (Å²) in [7, 11) is 0. The summed E-state index contributed by atoms with van der Waals surface area (Å²) in [6.45, 7) is 6.46. The van der Waals surface area contributed by atoms with Crippen LogP contribution < -0.4 is 10.4 Å². The van der Waals surface area contributed by atoms with Crippen LogP contribution in [0.1, 0.15) is 33.4 Å². The van der Waals surface area contributed by atoms with Gasteiger partial charge in [0.2, 0.25) is 0 Å². The van der Waals surface area contributed by atoms with E-state index in [0.29, 0.717) is 24.2 Å². The minimum Gasteiger partial charge on any atom is -0.488 e. The molecule has 3 nitrogen and oxygen atoms in total. The van der Waals surface area contributed by atoms with Gasteiger partial charge < -0.3 is 9.15 Å². The van der Waals surface area contributed by atoms with Crippen molar-refractivity contribution in [2.45, 2.75) is 33.8 Å². The van der Waals surface area contributed by atoms with Gasteiger partial charge in [-0.05, 0) is 49.6 Å². The fourth-order valence-corrected chi connectivity index (χ4v) is 3.58. The SMILES string of the molecule is Cc1ccc(COc2ccc3c(C)c(Cc4ccccc4)c(=O)oc3c2C)cc1. The molecule has 4 rings (SSSR count). The second kappa shape index (κ2) is 7.96. The van der Waals surface area contributed by atoms with Crippen molar-refractivity contribution < 1.29 is 9.15 Å². The fraction of sp³-hybridized carbons (Fsp3) is 0.192. The quantitative estimate of drug-likeness (QED) is 0.403. The molecule has 0 radical (unpaired) electrons. The molecule has 0 saturated heterocycles. The molecule has 3 heteroatoms. The zero-order valence-corrected chi connectivity index (χ0v) is 17.0. The maximum absolute atomic E-state index is 12.7. The number of aryl methyl sites for hydroxylation is 3. The van der Waals surface area contributed by atoms with Gasteiger partial charge in [-0.25, -0.2) is 4.79 Å². The number of fused-ring (bicyclic) bond motifs is 1. The largest absolute Gasteiger partial charge is 0.488 e. The van der Waals surface area contributed by atoms with E-state index in [4.69, 9.17) is 9.15 Å². The molecule has 0 N–H and O–H groups in total. The molecule has 0 spiro atoms. The van der Waals surface area contributed by atoms with E-state index in [2.05, 4.69) is 31.2 Å². The summed E-state index contributed by atoms with van der Waals surface area (Å²) in [5, 5.41) is 0.954. The van der Waals surface area contributed by atoms with Crippen molar-refractivity contribution in [2.24, 2.45) is 0 Å². The lowest BCUT2D eigenvalue weighted by molar-refractivity contribution is 0.304. The molecule has 4 aromatic rings. The van der Waals surface area contributed by atoms with Crippen LogP contribution in [0.4, 0.5) is 0 Å². The number of hydrogen-bond acceptors (Lipinski definition) is 3. The highest BCUT2D eigenvalue weighted by Gasteiger charge is 2.15. The standard InChI is InChI=1S/C26H24O3/c1-17-9-11-21(12-10-17)16-28-24-14-13-22-18(2)23(15-20-7-5-4-6-8-20)26(27)29-25(22)19(24)3/h4-14H,15-16H2,1-3H3. The lowest BCUT2D eigenvalue weighted by Crippen LogP contribution is -2.11. The number of hydrogen-bond donors (Lipinski definition) is 0. The van der Waals surface area contributed by atoms with Crippen molar-refractivity contribution in [3.63, 3.8) is 0 Å². The average Bonchev–Trinajstić information content (AvgIpc) is 2.73. The van der Waals surface area contributed by atoms with Crippen molar-refractivity contribution in [1.82, 2.24) is 0 Å². The monoisotopic (exact) mass is 384 g/mol. The van der Waals surface area contributed by atoms with Crippen LogP contribution in [0.25, 0.3) is 11.0 Å². The predicted octanol–water partition coefficient (Wildman–Crippen LogP) is 5.89. The Balaban J connectivity index is 1.66. The Labute approximate surface area is 170 Å². The van der Waals surface area contributed by atoms with Gasteiger partial charge in [0.15, 0.2) is 0 Å². The third kappa shape index (κ3) is 3.95. The van der Waals surface area contributed by atoms with Crippen LogP contribution in [0, 0.1) is 20.8 Å². The first-order valence-corrected chi connectivity index (χ1v) is 9.81. The molecule has 29 heavy (non-hydrogen) atoms. The zero-order chi connectivity index (χ0) is 20.4. The molecule has 0 aliphatic heterocycles. The molecule has 0 bridgehead atoms. The summed E-state index contributed by atoms with van der Waals surface area (Å²) < 4.78 is 11.8. The van der Waals surface area contributed by atoms with Gasteiger partial charge in [0.1, 0.15) is 17.9 Å². The van der Waals surface area contributed by atoms with Gasteiger partial charge in [0, 0.05) is 22.9 Å². The van der Waals surface area contributed by atoms with E-state index in [9.17, 15) is 4.79 Å². The van der Waals surface area contributed by atoms with Crippen LogP contribution in [-0.2, 0) is 13.0 Å². The van der Waals surface area contributed by atoms with Crippen molar-refractivity contribution in [3.8, 4) is 5.75 Å². The molecule has 1 heterocycles. The van der Waals surface area contributed by atoms with Crippen LogP contribution in [0.3, 0.4) is 0 Å². The number of benzene rings is 3. The van der Waals surface area contributed by atoms with Crippen molar-refractivity contribution in [1.29, 1.82) is 0 Å². The summed E-state index contributed by atoms with van der Waals surface area (Å²) in [5.41, 5.74) is 6.26. The first-order chi connectivity index (χ1) is 14.0. The first kappa shape index (κ1) is 19.0. The molecule has 0 atom stereocenters. The van der Waals surface area contributed by atoms with E-state index in [1.165, 1.54) is 5.56 Å². The maximum atomic E-state index is 12.7. The highest BCUT2D eigenvalue weighted by Crippen LogP contribution is 2.30. The van der Waals surface area contributed by atoms with E-state index < -0.39 is 0 Å². The Morgan fingerprint density at radius 3 is 2.24 bits per heavy atom. The molecule has 0 unspecified atom stereocenters. The first-order valence-electron chi connectivity index (χ1n) is 9.81. The van der Waals surface area contributed by atoms with Crippen LogP contribution in [0.2, 0.25) is 0 Å². The van der Waals surface area contributed by atoms with Crippen LogP contribution in [0.15, 0.2) is 75.9 Å².